The molecule has 0 nitrogen and oxygen atoms in total. The van der Waals surface area contributed by atoms with Gasteiger partial charge in [0, 0.05) is 49.5 Å². The second kappa shape index (κ2) is 19.9. The van der Waals surface area contributed by atoms with E-state index in [1.54, 1.807) is 16.7 Å². The van der Waals surface area contributed by atoms with Gasteiger partial charge >= 0.3 is 0 Å². The molecule has 0 radical (unpaired) electrons. The van der Waals surface area contributed by atoms with E-state index in [0.717, 1.165) is 12.8 Å². The van der Waals surface area contributed by atoms with Crippen molar-refractivity contribution in [2.45, 2.75) is 144 Å². The Balaban J connectivity index is 1.29. The van der Waals surface area contributed by atoms with E-state index >= 15 is 0 Å². The fourth-order valence-corrected chi connectivity index (χ4v) is 13.5. The molecule has 5 heteroatoms. The van der Waals surface area contributed by atoms with E-state index < -0.39 is 0 Å². The Morgan fingerprint density at radius 2 is 1.06 bits per heavy atom. The summed E-state index contributed by atoms with van der Waals surface area (Å²) < 4.78 is 0. The van der Waals surface area contributed by atoms with Crippen molar-refractivity contribution in [1.82, 2.24) is 0 Å². The number of rotatable bonds is 20. The Bertz CT molecular complexity index is 2070. The van der Waals surface area contributed by atoms with Crippen LogP contribution in [0.15, 0.2) is 59.7 Å². The molecule has 0 unspecified atom stereocenters. The number of hydrogen-bond donors (Lipinski definition) is 0. The van der Waals surface area contributed by atoms with Crippen molar-refractivity contribution >= 4 is 62.3 Å². The van der Waals surface area contributed by atoms with Crippen molar-refractivity contribution < 1.29 is 0 Å². The summed E-state index contributed by atoms with van der Waals surface area (Å²) in [6, 6.07) is 16.9. The first-order chi connectivity index (χ1) is 25.9. The van der Waals surface area contributed by atoms with E-state index in [9.17, 15) is 0 Å². The average molecular weight is 795 g/mol. The molecule has 0 atom stereocenters. The number of unbranched alkanes of at least 4 members (excludes halogenated alkanes) is 9. The maximum atomic E-state index is 3.39. The smallest absolute Gasteiger partial charge is 0.0602 e. The highest BCUT2D eigenvalue weighted by molar-refractivity contribution is 7.30. The zero-order valence-corrected chi connectivity index (χ0v) is 37.1. The van der Waals surface area contributed by atoms with Gasteiger partial charge in [0.15, 0.2) is 0 Å². The van der Waals surface area contributed by atoms with Crippen LogP contribution >= 0.6 is 56.7 Å². The largest absolute Gasteiger partial charge is 0.138 e. The quantitative estimate of drug-likeness (QED) is 0.0544. The van der Waals surface area contributed by atoms with Crippen LogP contribution in [0, 0.1) is 18.8 Å². The highest BCUT2D eigenvalue weighted by Crippen LogP contribution is 2.49. The van der Waals surface area contributed by atoms with Crippen LogP contribution in [0.3, 0.4) is 0 Å². The summed E-state index contributed by atoms with van der Waals surface area (Å²) in [4.78, 5) is 14.2. The van der Waals surface area contributed by atoms with Gasteiger partial charge in [-0.05, 0) is 130 Å². The SMILES string of the molecule is CC#Cc1cc(C)sc1-c1cc(CCCCCC)c(-c2ccc(-c3ccc(-c4sc(C5=C(CCCCCC)C=C(C)C5)cc4CCCCCC)s3)s2)s1. The van der Waals surface area contributed by atoms with Gasteiger partial charge in [-0.1, -0.05) is 96.1 Å². The van der Waals surface area contributed by atoms with Gasteiger partial charge in [-0.25, -0.2) is 0 Å². The Hall–Kier alpha value is -2.46. The van der Waals surface area contributed by atoms with Crippen molar-refractivity contribution in [1.29, 1.82) is 0 Å². The third-order valence-electron chi connectivity index (χ3n) is 10.3. The molecule has 53 heavy (non-hydrogen) atoms. The molecule has 0 spiro atoms. The molecule has 0 aromatic carbocycles. The maximum absolute atomic E-state index is 3.39. The van der Waals surface area contributed by atoms with E-state index in [0.29, 0.717) is 0 Å². The minimum atomic E-state index is 1.12. The van der Waals surface area contributed by atoms with Crippen molar-refractivity contribution in [3.05, 3.63) is 86.1 Å². The predicted octanol–water partition coefficient (Wildman–Crippen LogP) is 17.7. The lowest BCUT2D eigenvalue weighted by Gasteiger charge is -2.05. The van der Waals surface area contributed by atoms with E-state index in [1.165, 1.54) is 155 Å². The first kappa shape index (κ1) is 40.2. The van der Waals surface area contributed by atoms with Gasteiger partial charge in [-0.15, -0.1) is 62.6 Å². The molecule has 5 heterocycles. The molecule has 0 amide bonds. The van der Waals surface area contributed by atoms with E-state index in [-0.39, 0.29) is 0 Å². The molecule has 1 aliphatic rings. The summed E-state index contributed by atoms with van der Waals surface area (Å²) in [5, 5.41) is 0. The van der Waals surface area contributed by atoms with Crippen LogP contribution < -0.4 is 0 Å². The lowest BCUT2D eigenvalue weighted by Crippen LogP contribution is -1.86. The normalized spacial score (nSPS) is 12.9. The molecule has 0 fully saturated rings. The molecule has 0 saturated carbocycles. The van der Waals surface area contributed by atoms with Crippen molar-refractivity contribution in [3.8, 4) is 50.9 Å². The van der Waals surface area contributed by atoms with E-state index in [2.05, 4.69) is 106 Å². The third-order valence-corrected chi connectivity index (χ3v) is 16.7. The van der Waals surface area contributed by atoms with Crippen LogP contribution in [0.1, 0.15) is 151 Å². The summed E-state index contributed by atoms with van der Waals surface area (Å²) in [5.41, 5.74) is 9.00. The van der Waals surface area contributed by atoms with Gasteiger partial charge in [-0.2, -0.15) is 0 Å². The van der Waals surface area contributed by atoms with Crippen LogP contribution in [0.4, 0.5) is 0 Å². The van der Waals surface area contributed by atoms with Crippen LogP contribution in [0.2, 0.25) is 0 Å². The predicted molar refractivity (Wildman–Crippen MR) is 245 cm³/mol. The molecule has 280 valence electrons. The number of allylic oxidation sites excluding steroid dienone is 4. The Morgan fingerprint density at radius 3 is 1.62 bits per heavy atom. The maximum Gasteiger partial charge on any atom is 0.0602 e. The van der Waals surface area contributed by atoms with Crippen LogP contribution in [0.5, 0.6) is 0 Å². The Kier molecular flexibility index (Phi) is 15.1. The lowest BCUT2D eigenvalue weighted by molar-refractivity contribution is 0.668. The third kappa shape index (κ3) is 10.2. The summed E-state index contributed by atoms with van der Waals surface area (Å²) in [6.07, 6.45) is 22.9. The first-order valence-corrected chi connectivity index (χ1v) is 24.4. The van der Waals surface area contributed by atoms with Gasteiger partial charge in [0.25, 0.3) is 0 Å². The number of hydrogen-bond acceptors (Lipinski definition) is 5. The van der Waals surface area contributed by atoms with Gasteiger partial charge in [-0.3, -0.25) is 0 Å². The molecular weight excluding hydrogens is 737 g/mol. The molecule has 5 aromatic heterocycles. The summed E-state index contributed by atoms with van der Waals surface area (Å²) in [6.45, 7) is 13.4. The highest BCUT2D eigenvalue weighted by atomic mass is 32.1. The topological polar surface area (TPSA) is 0 Å². The standard InChI is InChI=1S/C48H58S5/c1-7-11-14-17-21-35-28-33(5)29-39(35)44-31-37(22-18-15-12-8-2)46(52-44)42-26-24-40(50-42)41-25-27-43(51-41)47-38(23-19-16-13-9-3)32-45(53-47)48-36(20-10-4)30-34(6)49-48/h24-28,30-32H,7-9,11-19,21-23,29H2,1-6H3. The minimum Gasteiger partial charge on any atom is -0.138 e. The first-order valence-electron chi connectivity index (χ1n) is 20.3. The zero-order valence-electron chi connectivity index (χ0n) is 33.0. The second-order valence-corrected chi connectivity index (χ2v) is 20.4. The molecule has 6 rings (SSSR count). The molecule has 0 saturated heterocycles. The van der Waals surface area contributed by atoms with Crippen molar-refractivity contribution in [2.75, 3.05) is 0 Å². The average Bonchev–Trinajstić information content (AvgIpc) is 4.00. The minimum absolute atomic E-state index is 1.12. The van der Waals surface area contributed by atoms with Crippen LogP contribution in [-0.2, 0) is 12.8 Å². The molecule has 5 aromatic rings. The number of thiophene rings is 5. The number of aryl methyl sites for hydroxylation is 3. The van der Waals surface area contributed by atoms with Gasteiger partial charge < -0.3 is 0 Å². The summed E-state index contributed by atoms with van der Waals surface area (Å²) in [5.74, 6) is 6.54. The van der Waals surface area contributed by atoms with Gasteiger partial charge in [0.05, 0.1) is 4.88 Å². The molecule has 0 N–H and O–H groups in total. The van der Waals surface area contributed by atoms with Crippen molar-refractivity contribution in [2.24, 2.45) is 0 Å². The van der Waals surface area contributed by atoms with E-state index in [4.69, 9.17) is 0 Å². The highest BCUT2D eigenvalue weighted by Gasteiger charge is 2.22. The summed E-state index contributed by atoms with van der Waals surface area (Å²) >= 11 is 9.92. The Labute approximate surface area is 341 Å². The monoisotopic (exact) mass is 794 g/mol. The molecule has 1 aliphatic carbocycles. The Morgan fingerprint density at radius 1 is 0.528 bits per heavy atom. The van der Waals surface area contributed by atoms with Gasteiger partial charge in [0.1, 0.15) is 0 Å². The molecule has 0 aliphatic heterocycles. The second-order valence-electron chi connectivity index (χ2n) is 14.8. The molecular formula is C48H58S5. The van der Waals surface area contributed by atoms with Crippen LogP contribution in [-0.4, -0.2) is 0 Å². The summed E-state index contributed by atoms with van der Waals surface area (Å²) in [7, 11) is 0. The van der Waals surface area contributed by atoms with Crippen molar-refractivity contribution in [3.63, 3.8) is 0 Å². The van der Waals surface area contributed by atoms with E-state index in [1.807, 2.05) is 52.3 Å². The van der Waals surface area contributed by atoms with Crippen LogP contribution in [0.25, 0.3) is 44.6 Å². The molecule has 0 bridgehead atoms. The zero-order chi connectivity index (χ0) is 37.2. The fourth-order valence-electron chi connectivity index (χ4n) is 7.54. The lowest BCUT2D eigenvalue weighted by atomic mass is 10.0. The van der Waals surface area contributed by atoms with Gasteiger partial charge in [0.2, 0.25) is 0 Å². The fraction of sp³-hybridized carbons (Fsp3) is 0.458.